The molecule has 2 aromatic rings. The summed E-state index contributed by atoms with van der Waals surface area (Å²) < 4.78 is 11.9. The summed E-state index contributed by atoms with van der Waals surface area (Å²) in [7, 11) is 1.37. The second kappa shape index (κ2) is 9.52. The number of carbonyl (C=O) groups is 2. The molecule has 0 saturated heterocycles. The van der Waals surface area contributed by atoms with Gasteiger partial charge in [0.2, 0.25) is 0 Å². The highest BCUT2D eigenvalue weighted by atomic mass is 79.9. The molecule has 1 heterocycles. The molecule has 1 aliphatic rings. The Kier molecular flexibility index (Phi) is 7.24. The molecule has 0 spiro atoms. The second-order valence-electron chi connectivity index (χ2n) is 8.18. The van der Waals surface area contributed by atoms with Crippen LogP contribution in [0.1, 0.15) is 65.0 Å². The molecule has 3 rings (SSSR count). The van der Waals surface area contributed by atoms with Crippen molar-refractivity contribution < 1.29 is 19.1 Å². The summed E-state index contributed by atoms with van der Waals surface area (Å²) in [6.07, 6.45) is 2.79. The van der Waals surface area contributed by atoms with Crippen LogP contribution in [-0.4, -0.2) is 25.6 Å². The number of anilines is 1. The normalized spacial score (nSPS) is 15.6. The Balaban J connectivity index is 1.78. The van der Waals surface area contributed by atoms with Crippen molar-refractivity contribution in [3.63, 3.8) is 0 Å². The van der Waals surface area contributed by atoms with Crippen molar-refractivity contribution in [2.24, 2.45) is 5.92 Å². The van der Waals surface area contributed by atoms with Crippen molar-refractivity contribution in [2.75, 3.05) is 19.0 Å². The Morgan fingerprint density at radius 1 is 1.33 bits per heavy atom. The van der Waals surface area contributed by atoms with E-state index in [1.807, 2.05) is 19.1 Å². The van der Waals surface area contributed by atoms with E-state index in [0.717, 1.165) is 45.3 Å². The lowest BCUT2D eigenvalue weighted by molar-refractivity contribution is -0.118. The van der Waals surface area contributed by atoms with Gasteiger partial charge < -0.3 is 14.8 Å². The van der Waals surface area contributed by atoms with Crippen LogP contribution >= 0.6 is 27.3 Å². The summed E-state index contributed by atoms with van der Waals surface area (Å²) in [5, 5.41) is 3.45. The number of carbonyl (C=O) groups excluding carboxylic acids is 2. The standard InChI is InChI=1S/C23H28BrNO4S/c1-12(2)16-10-17(24)14(4)9-18(16)29-11-20(26)25-22-21(23(27)28-5)15-7-6-13(3)8-19(15)30-22/h9-10,12-13H,6-8,11H2,1-5H3,(H,25,26). The number of thiophene rings is 1. The topological polar surface area (TPSA) is 64.6 Å². The molecule has 1 aromatic carbocycles. The molecule has 162 valence electrons. The number of benzene rings is 1. The quantitative estimate of drug-likeness (QED) is 0.510. The van der Waals surface area contributed by atoms with E-state index in [-0.39, 0.29) is 18.4 Å². The third-order valence-corrected chi connectivity index (χ3v) is 7.45. The van der Waals surface area contributed by atoms with Crippen LogP contribution in [0.2, 0.25) is 0 Å². The number of halogens is 1. The lowest BCUT2D eigenvalue weighted by Crippen LogP contribution is -2.21. The predicted molar refractivity (Wildman–Crippen MR) is 124 cm³/mol. The molecule has 1 N–H and O–H groups in total. The molecule has 0 bridgehead atoms. The summed E-state index contributed by atoms with van der Waals surface area (Å²) in [6.45, 7) is 8.24. The van der Waals surface area contributed by atoms with E-state index in [2.05, 4.69) is 42.0 Å². The summed E-state index contributed by atoms with van der Waals surface area (Å²) in [5.74, 6) is 0.847. The molecule has 1 aromatic heterocycles. The lowest BCUT2D eigenvalue weighted by atomic mass is 9.88. The van der Waals surface area contributed by atoms with Crippen LogP contribution in [0.4, 0.5) is 5.00 Å². The van der Waals surface area contributed by atoms with Gasteiger partial charge in [-0.15, -0.1) is 11.3 Å². The zero-order valence-electron chi connectivity index (χ0n) is 18.1. The van der Waals surface area contributed by atoms with Gasteiger partial charge in [0.25, 0.3) is 5.91 Å². The van der Waals surface area contributed by atoms with Crippen molar-refractivity contribution >= 4 is 44.1 Å². The van der Waals surface area contributed by atoms with Crippen LogP contribution in [0, 0.1) is 12.8 Å². The highest BCUT2D eigenvalue weighted by Gasteiger charge is 2.29. The summed E-state index contributed by atoms with van der Waals surface area (Å²) >= 11 is 5.03. The van der Waals surface area contributed by atoms with Gasteiger partial charge in [-0.1, -0.05) is 36.7 Å². The fourth-order valence-electron chi connectivity index (χ4n) is 3.71. The minimum atomic E-state index is -0.399. The smallest absolute Gasteiger partial charge is 0.341 e. The Labute approximate surface area is 190 Å². The number of methoxy groups -OCH3 is 1. The van der Waals surface area contributed by atoms with E-state index in [4.69, 9.17) is 9.47 Å². The average Bonchev–Trinajstić information content (AvgIpc) is 3.04. The number of esters is 1. The van der Waals surface area contributed by atoms with Gasteiger partial charge in [0.05, 0.1) is 12.7 Å². The monoisotopic (exact) mass is 493 g/mol. The number of ether oxygens (including phenoxy) is 2. The van der Waals surface area contributed by atoms with Gasteiger partial charge in [-0.05, 0) is 66.8 Å². The van der Waals surface area contributed by atoms with Gasteiger partial charge in [-0.25, -0.2) is 4.79 Å². The van der Waals surface area contributed by atoms with Gasteiger partial charge in [0, 0.05) is 9.35 Å². The Hall–Kier alpha value is -1.86. The molecule has 5 nitrogen and oxygen atoms in total. The molecular formula is C23H28BrNO4S. The first kappa shape index (κ1) is 22.8. The number of amides is 1. The highest BCUT2D eigenvalue weighted by Crippen LogP contribution is 2.40. The zero-order chi connectivity index (χ0) is 22.0. The second-order valence-corrected chi connectivity index (χ2v) is 10.1. The Bertz CT molecular complexity index is 967. The van der Waals surface area contributed by atoms with E-state index in [9.17, 15) is 9.59 Å². The van der Waals surface area contributed by atoms with Crippen LogP contribution < -0.4 is 10.1 Å². The summed E-state index contributed by atoms with van der Waals surface area (Å²) in [4.78, 5) is 26.2. The molecule has 1 atom stereocenters. The number of hydrogen-bond donors (Lipinski definition) is 1. The number of hydrogen-bond acceptors (Lipinski definition) is 5. The van der Waals surface area contributed by atoms with Crippen molar-refractivity contribution in [2.45, 2.75) is 52.9 Å². The lowest BCUT2D eigenvalue weighted by Gasteiger charge is -2.18. The predicted octanol–water partition coefficient (Wildman–Crippen LogP) is 5.87. The molecule has 1 aliphatic carbocycles. The molecule has 7 heteroatoms. The van der Waals surface area contributed by atoms with Crippen molar-refractivity contribution in [1.29, 1.82) is 0 Å². The zero-order valence-corrected chi connectivity index (χ0v) is 20.5. The van der Waals surface area contributed by atoms with Crippen LogP contribution in [0.25, 0.3) is 0 Å². The molecule has 30 heavy (non-hydrogen) atoms. The van der Waals surface area contributed by atoms with E-state index in [1.54, 1.807) is 0 Å². The molecule has 1 amide bonds. The van der Waals surface area contributed by atoms with Crippen LogP contribution in [-0.2, 0) is 22.4 Å². The van der Waals surface area contributed by atoms with Crippen LogP contribution in [0.15, 0.2) is 16.6 Å². The number of nitrogens with one attached hydrogen (secondary N) is 1. The van der Waals surface area contributed by atoms with Crippen molar-refractivity contribution in [3.05, 3.63) is 43.7 Å². The Morgan fingerprint density at radius 2 is 2.07 bits per heavy atom. The Morgan fingerprint density at radius 3 is 2.73 bits per heavy atom. The van der Waals surface area contributed by atoms with Gasteiger partial charge in [-0.2, -0.15) is 0 Å². The molecule has 0 aliphatic heterocycles. The van der Waals surface area contributed by atoms with Crippen LogP contribution in [0.3, 0.4) is 0 Å². The first-order valence-corrected chi connectivity index (χ1v) is 11.8. The highest BCUT2D eigenvalue weighted by molar-refractivity contribution is 9.10. The van der Waals surface area contributed by atoms with E-state index in [0.29, 0.717) is 22.2 Å². The van der Waals surface area contributed by atoms with Gasteiger partial charge in [-0.3, -0.25) is 4.79 Å². The summed E-state index contributed by atoms with van der Waals surface area (Å²) in [5.41, 5.74) is 3.60. The minimum Gasteiger partial charge on any atom is -0.483 e. The van der Waals surface area contributed by atoms with Crippen LogP contribution in [0.5, 0.6) is 5.75 Å². The van der Waals surface area contributed by atoms with E-state index in [1.165, 1.54) is 18.4 Å². The maximum absolute atomic E-state index is 12.7. The maximum Gasteiger partial charge on any atom is 0.341 e. The maximum atomic E-state index is 12.7. The van der Waals surface area contributed by atoms with Gasteiger partial charge >= 0.3 is 5.97 Å². The molecule has 0 fully saturated rings. The van der Waals surface area contributed by atoms with Gasteiger partial charge in [0.15, 0.2) is 6.61 Å². The molecule has 1 unspecified atom stereocenters. The SMILES string of the molecule is COC(=O)c1c(NC(=O)COc2cc(C)c(Br)cc2C(C)C)sc2c1CCC(C)C2. The fraction of sp³-hybridized carbons (Fsp3) is 0.478. The third kappa shape index (κ3) is 4.89. The first-order valence-electron chi connectivity index (χ1n) is 10.2. The van der Waals surface area contributed by atoms with Crippen molar-refractivity contribution in [3.8, 4) is 5.75 Å². The van der Waals surface area contributed by atoms with Crippen molar-refractivity contribution in [1.82, 2.24) is 0 Å². The third-order valence-electron chi connectivity index (χ3n) is 5.43. The molecular weight excluding hydrogens is 466 g/mol. The number of aryl methyl sites for hydroxylation is 1. The largest absolute Gasteiger partial charge is 0.483 e. The average molecular weight is 494 g/mol. The fourth-order valence-corrected chi connectivity index (χ4v) is 5.49. The minimum absolute atomic E-state index is 0.125. The first-order chi connectivity index (χ1) is 14.2. The van der Waals surface area contributed by atoms with E-state index < -0.39 is 5.97 Å². The molecule has 0 radical (unpaired) electrons. The number of fused-ring (bicyclic) bond motifs is 1. The summed E-state index contributed by atoms with van der Waals surface area (Å²) in [6, 6.07) is 3.98. The van der Waals surface area contributed by atoms with E-state index >= 15 is 0 Å². The number of rotatable bonds is 6. The van der Waals surface area contributed by atoms with Gasteiger partial charge in [0.1, 0.15) is 10.8 Å². The molecule has 0 saturated carbocycles.